The number of nitrogens with zero attached hydrogens (tertiary/aromatic N) is 1. The number of rotatable bonds is 11. The number of carbonyl (C=O) groups excluding carboxylic acids is 1. The third kappa shape index (κ3) is 5.98. The fourth-order valence-corrected chi connectivity index (χ4v) is 3.78. The van der Waals surface area contributed by atoms with Gasteiger partial charge in [0.05, 0.1) is 25.7 Å². The molecule has 1 amide bonds. The standard InChI is InChI=1S/C21H27N3O5S/c1-5-12-24(2)30(26,27)18-9-7-17(8-10-18)22-15-21(25)23-14-16-6-11-19(28-3)20(13-16)29-4/h5-11,13,22H,1,12,14-15H2,2-4H3,(H,23,25). The maximum Gasteiger partial charge on any atom is 0.243 e. The zero-order chi connectivity index (χ0) is 22.1. The monoisotopic (exact) mass is 433 g/mol. The molecule has 0 unspecified atom stereocenters. The van der Waals surface area contributed by atoms with E-state index in [0.717, 1.165) is 5.56 Å². The predicted octanol–water partition coefficient (Wildman–Crippen LogP) is 2.24. The van der Waals surface area contributed by atoms with Crippen LogP contribution in [0.3, 0.4) is 0 Å². The molecule has 30 heavy (non-hydrogen) atoms. The first kappa shape index (κ1) is 23.2. The molecular formula is C21H27N3O5S. The maximum absolute atomic E-state index is 12.4. The molecule has 0 heterocycles. The van der Waals surface area contributed by atoms with Gasteiger partial charge in [0.15, 0.2) is 11.5 Å². The normalized spacial score (nSPS) is 11.1. The van der Waals surface area contributed by atoms with Gasteiger partial charge in [-0.3, -0.25) is 4.79 Å². The van der Waals surface area contributed by atoms with Crippen LogP contribution in [0.1, 0.15) is 5.56 Å². The second kappa shape index (κ2) is 10.7. The molecule has 0 saturated carbocycles. The Morgan fingerprint density at radius 1 is 1.10 bits per heavy atom. The lowest BCUT2D eigenvalue weighted by molar-refractivity contribution is -0.119. The summed E-state index contributed by atoms with van der Waals surface area (Å²) < 4.78 is 36.4. The van der Waals surface area contributed by atoms with E-state index in [1.807, 2.05) is 6.07 Å². The molecule has 2 rings (SSSR count). The topological polar surface area (TPSA) is 97.0 Å². The Labute approximate surface area is 177 Å². The minimum Gasteiger partial charge on any atom is -0.493 e. The zero-order valence-electron chi connectivity index (χ0n) is 17.3. The predicted molar refractivity (Wildman–Crippen MR) is 116 cm³/mol. The average Bonchev–Trinajstić information content (AvgIpc) is 2.76. The van der Waals surface area contributed by atoms with Crippen molar-refractivity contribution in [2.75, 3.05) is 39.7 Å². The fraction of sp³-hybridized carbons (Fsp3) is 0.286. The van der Waals surface area contributed by atoms with Crippen molar-refractivity contribution in [1.82, 2.24) is 9.62 Å². The first-order valence-electron chi connectivity index (χ1n) is 9.20. The Kier molecular flexibility index (Phi) is 8.25. The largest absolute Gasteiger partial charge is 0.493 e. The third-order valence-corrected chi connectivity index (χ3v) is 6.18. The third-order valence-electron chi connectivity index (χ3n) is 4.34. The van der Waals surface area contributed by atoms with Crippen LogP contribution in [-0.4, -0.2) is 53.0 Å². The van der Waals surface area contributed by atoms with Gasteiger partial charge in [-0.15, -0.1) is 6.58 Å². The van der Waals surface area contributed by atoms with Gasteiger partial charge >= 0.3 is 0 Å². The van der Waals surface area contributed by atoms with Gasteiger partial charge in [-0.1, -0.05) is 12.1 Å². The number of hydrogen-bond acceptors (Lipinski definition) is 6. The van der Waals surface area contributed by atoms with Crippen molar-refractivity contribution in [3.8, 4) is 11.5 Å². The highest BCUT2D eigenvalue weighted by Gasteiger charge is 2.19. The number of methoxy groups -OCH3 is 2. The Morgan fingerprint density at radius 3 is 2.37 bits per heavy atom. The summed E-state index contributed by atoms with van der Waals surface area (Å²) in [5.41, 5.74) is 1.51. The van der Waals surface area contributed by atoms with Crippen molar-refractivity contribution in [2.45, 2.75) is 11.4 Å². The maximum atomic E-state index is 12.4. The summed E-state index contributed by atoms with van der Waals surface area (Å²) >= 11 is 0. The first-order chi connectivity index (χ1) is 14.3. The van der Waals surface area contributed by atoms with E-state index in [0.29, 0.717) is 23.7 Å². The van der Waals surface area contributed by atoms with Crippen LogP contribution in [0, 0.1) is 0 Å². The van der Waals surface area contributed by atoms with Crippen LogP contribution in [0.25, 0.3) is 0 Å². The highest BCUT2D eigenvalue weighted by molar-refractivity contribution is 7.89. The van der Waals surface area contributed by atoms with E-state index in [-0.39, 0.29) is 23.9 Å². The summed E-state index contributed by atoms with van der Waals surface area (Å²) in [7, 11) is 1.04. The summed E-state index contributed by atoms with van der Waals surface area (Å²) in [5.74, 6) is 1.01. The number of amides is 1. The van der Waals surface area contributed by atoms with Gasteiger partial charge in [0.2, 0.25) is 15.9 Å². The number of sulfonamides is 1. The van der Waals surface area contributed by atoms with Crippen LogP contribution < -0.4 is 20.1 Å². The van der Waals surface area contributed by atoms with Gasteiger partial charge in [0.25, 0.3) is 0 Å². The number of anilines is 1. The van der Waals surface area contributed by atoms with E-state index in [4.69, 9.17) is 9.47 Å². The van der Waals surface area contributed by atoms with Gasteiger partial charge < -0.3 is 20.1 Å². The summed E-state index contributed by atoms with van der Waals surface area (Å²) in [6.07, 6.45) is 1.52. The molecule has 0 spiro atoms. The van der Waals surface area contributed by atoms with Gasteiger partial charge in [-0.2, -0.15) is 4.31 Å². The molecular weight excluding hydrogens is 406 g/mol. The Bertz CT molecular complexity index is 975. The van der Waals surface area contributed by atoms with Crippen LogP contribution in [0.5, 0.6) is 11.5 Å². The van der Waals surface area contributed by atoms with Crippen molar-refractivity contribution in [1.29, 1.82) is 0 Å². The second-order valence-electron chi connectivity index (χ2n) is 6.42. The number of ether oxygens (including phenoxy) is 2. The van der Waals surface area contributed by atoms with Gasteiger partial charge in [-0.25, -0.2) is 8.42 Å². The van der Waals surface area contributed by atoms with E-state index in [1.165, 1.54) is 29.6 Å². The Hall–Kier alpha value is -3.04. The number of carbonyl (C=O) groups is 1. The van der Waals surface area contributed by atoms with Crippen LogP contribution in [-0.2, 0) is 21.4 Å². The van der Waals surface area contributed by atoms with Gasteiger partial charge in [0, 0.05) is 25.8 Å². The zero-order valence-corrected chi connectivity index (χ0v) is 18.2. The average molecular weight is 434 g/mol. The smallest absolute Gasteiger partial charge is 0.243 e. The molecule has 0 aliphatic heterocycles. The highest BCUT2D eigenvalue weighted by Crippen LogP contribution is 2.27. The molecule has 9 heteroatoms. The molecule has 0 bridgehead atoms. The van der Waals surface area contributed by atoms with Crippen LogP contribution in [0.15, 0.2) is 60.0 Å². The van der Waals surface area contributed by atoms with Crippen LogP contribution >= 0.6 is 0 Å². The van der Waals surface area contributed by atoms with Crippen molar-refractivity contribution in [3.63, 3.8) is 0 Å². The SMILES string of the molecule is C=CCN(C)S(=O)(=O)c1ccc(NCC(=O)NCc2ccc(OC)c(OC)c2)cc1. The number of hydrogen-bond donors (Lipinski definition) is 2. The van der Waals surface area contributed by atoms with Crippen molar-refractivity contribution >= 4 is 21.6 Å². The summed E-state index contributed by atoms with van der Waals surface area (Å²) in [4.78, 5) is 12.3. The summed E-state index contributed by atoms with van der Waals surface area (Å²) in [6.45, 7) is 4.16. The Balaban J connectivity index is 1.88. The van der Waals surface area contributed by atoms with Crippen molar-refractivity contribution in [2.24, 2.45) is 0 Å². The Morgan fingerprint density at radius 2 is 1.77 bits per heavy atom. The lowest BCUT2D eigenvalue weighted by Gasteiger charge is -2.15. The summed E-state index contributed by atoms with van der Waals surface area (Å²) in [6, 6.07) is 11.7. The molecule has 0 atom stereocenters. The molecule has 0 aliphatic rings. The minimum absolute atomic E-state index is 0.0513. The van der Waals surface area contributed by atoms with Gasteiger partial charge in [-0.05, 0) is 42.0 Å². The molecule has 0 radical (unpaired) electrons. The number of likely N-dealkylation sites (N-methyl/N-ethyl adjacent to an activating group) is 1. The molecule has 162 valence electrons. The molecule has 2 aromatic rings. The lowest BCUT2D eigenvalue weighted by atomic mass is 10.2. The summed E-state index contributed by atoms with van der Waals surface area (Å²) in [5, 5.41) is 5.79. The molecule has 2 N–H and O–H groups in total. The second-order valence-corrected chi connectivity index (χ2v) is 8.46. The van der Waals surface area contributed by atoms with Crippen molar-refractivity contribution in [3.05, 3.63) is 60.7 Å². The van der Waals surface area contributed by atoms with E-state index in [2.05, 4.69) is 17.2 Å². The van der Waals surface area contributed by atoms with Crippen molar-refractivity contribution < 1.29 is 22.7 Å². The van der Waals surface area contributed by atoms with E-state index in [9.17, 15) is 13.2 Å². The molecule has 0 aliphatic carbocycles. The quantitative estimate of drug-likeness (QED) is 0.528. The molecule has 0 saturated heterocycles. The molecule has 8 nitrogen and oxygen atoms in total. The van der Waals surface area contributed by atoms with E-state index < -0.39 is 10.0 Å². The van der Waals surface area contributed by atoms with Crippen LogP contribution in [0.4, 0.5) is 5.69 Å². The van der Waals surface area contributed by atoms with E-state index in [1.54, 1.807) is 38.5 Å². The molecule has 0 aromatic heterocycles. The first-order valence-corrected chi connectivity index (χ1v) is 10.6. The fourth-order valence-electron chi connectivity index (χ4n) is 2.64. The van der Waals surface area contributed by atoms with Gasteiger partial charge in [0.1, 0.15) is 0 Å². The number of benzene rings is 2. The van der Waals surface area contributed by atoms with E-state index >= 15 is 0 Å². The van der Waals surface area contributed by atoms with Crippen LogP contribution in [0.2, 0.25) is 0 Å². The number of nitrogens with one attached hydrogen (secondary N) is 2. The lowest BCUT2D eigenvalue weighted by Crippen LogP contribution is -2.29. The molecule has 0 fully saturated rings. The minimum atomic E-state index is -3.56. The highest BCUT2D eigenvalue weighted by atomic mass is 32.2. The molecule has 2 aromatic carbocycles.